The summed E-state index contributed by atoms with van der Waals surface area (Å²) in [5, 5.41) is 7.88. The zero-order valence-corrected chi connectivity index (χ0v) is 14.0. The van der Waals surface area contributed by atoms with E-state index in [-0.39, 0.29) is 5.91 Å². The molecular formula is C18H24N4O. The van der Waals surface area contributed by atoms with Gasteiger partial charge in [0, 0.05) is 19.1 Å². The number of amides is 1. The van der Waals surface area contributed by atoms with Crippen LogP contribution in [0.5, 0.6) is 0 Å². The van der Waals surface area contributed by atoms with E-state index in [1.165, 1.54) is 0 Å². The molecule has 1 aromatic heterocycles. The van der Waals surface area contributed by atoms with Crippen LogP contribution in [-0.4, -0.2) is 46.8 Å². The molecule has 0 saturated carbocycles. The molecule has 23 heavy (non-hydrogen) atoms. The van der Waals surface area contributed by atoms with Crippen molar-refractivity contribution < 1.29 is 4.79 Å². The fourth-order valence-electron chi connectivity index (χ4n) is 3.30. The third-order valence-corrected chi connectivity index (χ3v) is 4.70. The molecule has 2 aromatic rings. The van der Waals surface area contributed by atoms with E-state index in [9.17, 15) is 4.79 Å². The Kier molecular flexibility index (Phi) is 4.48. The number of aromatic nitrogens is 2. The molecule has 1 aliphatic heterocycles. The Morgan fingerprint density at radius 3 is 2.43 bits per heavy atom. The molecule has 0 unspecified atom stereocenters. The van der Waals surface area contributed by atoms with Crippen molar-refractivity contribution in [1.82, 2.24) is 20.0 Å². The van der Waals surface area contributed by atoms with Crippen LogP contribution in [0.3, 0.4) is 0 Å². The lowest BCUT2D eigenvalue weighted by Gasteiger charge is -2.31. The van der Waals surface area contributed by atoms with Gasteiger partial charge in [0.15, 0.2) is 0 Å². The summed E-state index contributed by atoms with van der Waals surface area (Å²) in [5.74, 6) is 0.108. The van der Waals surface area contributed by atoms with E-state index in [2.05, 4.69) is 10.4 Å². The highest BCUT2D eigenvalue weighted by Crippen LogP contribution is 2.21. The molecule has 0 spiro atoms. The Morgan fingerprint density at radius 2 is 1.83 bits per heavy atom. The van der Waals surface area contributed by atoms with Gasteiger partial charge in [-0.25, -0.2) is 4.68 Å². The molecule has 1 fully saturated rings. The molecule has 0 aliphatic carbocycles. The first-order chi connectivity index (χ1) is 11.1. The van der Waals surface area contributed by atoms with Crippen molar-refractivity contribution in [2.24, 2.45) is 0 Å². The van der Waals surface area contributed by atoms with Crippen LogP contribution in [0.25, 0.3) is 5.69 Å². The van der Waals surface area contributed by atoms with Gasteiger partial charge in [-0.2, -0.15) is 5.10 Å². The SMILES string of the molecule is CNC1CCN(C(=O)c2c(C)nn(-c3ccccc3)c2C)CC1. The first kappa shape index (κ1) is 15.7. The minimum absolute atomic E-state index is 0.108. The van der Waals surface area contributed by atoms with Crippen molar-refractivity contribution in [2.75, 3.05) is 20.1 Å². The maximum absolute atomic E-state index is 12.9. The standard InChI is InChI=1S/C18H24N4O/c1-13-17(18(23)21-11-9-15(19-3)10-12-21)14(2)22(20-13)16-7-5-4-6-8-16/h4-8,15,19H,9-12H2,1-3H3. The Balaban J connectivity index is 1.86. The average Bonchev–Trinajstić information content (AvgIpc) is 2.89. The molecule has 0 atom stereocenters. The number of carbonyl (C=O) groups excluding carboxylic acids is 1. The lowest BCUT2D eigenvalue weighted by atomic mass is 10.0. The Labute approximate surface area is 137 Å². The maximum Gasteiger partial charge on any atom is 0.257 e. The van der Waals surface area contributed by atoms with Crippen LogP contribution >= 0.6 is 0 Å². The number of carbonyl (C=O) groups is 1. The highest BCUT2D eigenvalue weighted by molar-refractivity contribution is 5.96. The summed E-state index contributed by atoms with van der Waals surface area (Å²) in [7, 11) is 1.99. The van der Waals surface area contributed by atoms with Gasteiger partial charge in [-0.05, 0) is 45.9 Å². The van der Waals surface area contributed by atoms with Crippen molar-refractivity contribution >= 4 is 5.91 Å². The summed E-state index contributed by atoms with van der Waals surface area (Å²) in [6.45, 7) is 5.50. The average molecular weight is 312 g/mol. The van der Waals surface area contributed by atoms with Crippen LogP contribution in [0.15, 0.2) is 30.3 Å². The fraction of sp³-hybridized carbons (Fsp3) is 0.444. The van der Waals surface area contributed by atoms with Crippen LogP contribution in [0.1, 0.15) is 34.6 Å². The second-order valence-corrected chi connectivity index (χ2v) is 6.15. The zero-order chi connectivity index (χ0) is 16.4. The Morgan fingerprint density at radius 1 is 1.17 bits per heavy atom. The third kappa shape index (κ3) is 3.01. The normalized spacial score (nSPS) is 15.9. The summed E-state index contributed by atoms with van der Waals surface area (Å²) in [6, 6.07) is 10.5. The zero-order valence-electron chi connectivity index (χ0n) is 14.0. The van der Waals surface area contributed by atoms with Gasteiger partial charge in [-0.15, -0.1) is 0 Å². The molecule has 5 heteroatoms. The molecule has 1 aromatic carbocycles. The lowest BCUT2D eigenvalue weighted by molar-refractivity contribution is 0.0706. The summed E-state index contributed by atoms with van der Waals surface area (Å²) in [4.78, 5) is 14.9. The van der Waals surface area contributed by atoms with Crippen molar-refractivity contribution in [1.29, 1.82) is 0 Å². The fourth-order valence-corrected chi connectivity index (χ4v) is 3.30. The van der Waals surface area contributed by atoms with Crippen LogP contribution in [0.2, 0.25) is 0 Å². The second kappa shape index (κ2) is 6.54. The summed E-state index contributed by atoms with van der Waals surface area (Å²) in [6.07, 6.45) is 2.01. The van der Waals surface area contributed by atoms with Gasteiger partial charge >= 0.3 is 0 Å². The van der Waals surface area contributed by atoms with E-state index >= 15 is 0 Å². The largest absolute Gasteiger partial charge is 0.338 e. The van der Waals surface area contributed by atoms with E-state index in [4.69, 9.17) is 0 Å². The highest BCUT2D eigenvalue weighted by atomic mass is 16.2. The summed E-state index contributed by atoms with van der Waals surface area (Å²) >= 11 is 0. The Hall–Kier alpha value is -2.14. The molecule has 1 aliphatic rings. The van der Waals surface area contributed by atoms with Crippen molar-refractivity contribution in [3.63, 3.8) is 0 Å². The molecule has 0 bridgehead atoms. The number of benzene rings is 1. The molecular weight excluding hydrogens is 288 g/mol. The number of nitrogens with zero attached hydrogens (tertiary/aromatic N) is 3. The minimum atomic E-state index is 0.108. The number of likely N-dealkylation sites (tertiary alicyclic amines) is 1. The predicted molar refractivity (Wildman–Crippen MR) is 91.0 cm³/mol. The van der Waals surface area contributed by atoms with E-state index in [0.717, 1.165) is 48.6 Å². The molecule has 3 rings (SSSR count). The maximum atomic E-state index is 12.9. The number of piperidine rings is 1. The summed E-state index contributed by atoms with van der Waals surface area (Å²) in [5.41, 5.74) is 3.44. The van der Waals surface area contributed by atoms with Crippen molar-refractivity contribution in [2.45, 2.75) is 32.7 Å². The van der Waals surface area contributed by atoms with Gasteiger partial charge in [0.25, 0.3) is 5.91 Å². The molecule has 5 nitrogen and oxygen atoms in total. The van der Waals surface area contributed by atoms with Crippen LogP contribution in [-0.2, 0) is 0 Å². The molecule has 1 N–H and O–H groups in total. The first-order valence-electron chi connectivity index (χ1n) is 8.20. The second-order valence-electron chi connectivity index (χ2n) is 6.15. The monoisotopic (exact) mass is 312 g/mol. The quantitative estimate of drug-likeness (QED) is 0.946. The lowest BCUT2D eigenvalue weighted by Crippen LogP contribution is -2.44. The molecule has 1 amide bonds. The number of hydrogen-bond donors (Lipinski definition) is 1. The van der Waals surface area contributed by atoms with Gasteiger partial charge in [-0.3, -0.25) is 4.79 Å². The first-order valence-corrected chi connectivity index (χ1v) is 8.20. The number of aryl methyl sites for hydroxylation is 1. The molecule has 122 valence electrons. The summed E-state index contributed by atoms with van der Waals surface area (Å²) < 4.78 is 1.86. The molecule has 1 saturated heterocycles. The third-order valence-electron chi connectivity index (χ3n) is 4.70. The van der Waals surface area contributed by atoms with E-state index in [0.29, 0.717) is 6.04 Å². The molecule has 2 heterocycles. The van der Waals surface area contributed by atoms with Crippen molar-refractivity contribution in [3.8, 4) is 5.69 Å². The number of nitrogens with one attached hydrogen (secondary N) is 1. The smallest absolute Gasteiger partial charge is 0.257 e. The molecule has 0 radical (unpaired) electrons. The van der Waals surface area contributed by atoms with Gasteiger partial charge in [0.05, 0.1) is 22.6 Å². The van der Waals surface area contributed by atoms with Gasteiger partial charge in [0.2, 0.25) is 0 Å². The van der Waals surface area contributed by atoms with Crippen molar-refractivity contribution in [3.05, 3.63) is 47.3 Å². The van der Waals surface area contributed by atoms with Gasteiger partial charge in [-0.1, -0.05) is 18.2 Å². The van der Waals surface area contributed by atoms with E-state index in [1.54, 1.807) is 0 Å². The highest BCUT2D eigenvalue weighted by Gasteiger charge is 2.27. The van der Waals surface area contributed by atoms with Crippen LogP contribution in [0, 0.1) is 13.8 Å². The minimum Gasteiger partial charge on any atom is -0.338 e. The Bertz CT molecular complexity index is 685. The van der Waals surface area contributed by atoms with Crippen LogP contribution < -0.4 is 5.32 Å². The number of para-hydroxylation sites is 1. The van der Waals surface area contributed by atoms with Gasteiger partial charge < -0.3 is 10.2 Å². The van der Waals surface area contributed by atoms with E-state index < -0.39 is 0 Å². The number of hydrogen-bond acceptors (Lipinski definition) is 3. The predicted octanol–water partition coefficient (Wildman–Crippen LogP) is 2.31. The topological polar surface area (TPSA) is 50.2 Å². The van der Waals surface area contributed by atoms with E-state index in [1.807, 2.05) is 60.8 Å². The van der Waals surface area contributed by atoms with Gasteiger partial charge in [0.1, 0.15) is 0 Å². The van der Waals surface area contributed by atoms with Crippen LogP contribution in [0.4, 0.5) is 0 Å². The number of rotatable bonds is 3.